The van der Waals surface area contributed by atoms with Crippen LogP contribution < -0.4 is 5.32 Å². The van der Waals surface area contributed by atoms with Gasteiger partial charge < -0.3 is 5.32 Å². The molecule has 0 bridgehead atoms. The zero-order valence-corrected chi connectivity index (χ0v) is 17.5. The molecule has 1 amide bonds. The molecule has 2 aromatic heterocycles. The molecule has 0 radical (unpaired) electrons. The van der Waals surface area contributed by atoms with Gasteiger partial charge >= 0.3 is 0 Å². The van der Waals surface area contributed by atoms with E-state index in [2.05, 4.69) is 25.8 Å². The molecule has 29 heavy (non-hydrogen) atoms. The van der Waals surface area contributed by atoms with Crippen molar-refractivity contribution in [1.29, 1.82) is 0 Å². The topological polar surface area (TPSA) is 90.5 Å². The van der Waals surface area contributed by atoms with Crippen LogP contribution in [0.25, 0.3) is 11.4 Å². The van der Waals surface area contributed by atoms with Gasteiger partial charge in [-0.05, 0) is 43.2 Å². The summed E-state index contributed by atoms with van der Waals surface area (Å²) in [5.74, 6) is 0.851. The van der Waals surface area contributed by atoms with Crippen molar-refractivity contribution in [1.82, 2.24) is 30.0 Å². The Balaban J connectivity index is 1.44. The first-order valence-corrected chi connectivity index (χ1v) is 10.3. The minimum absolute atomic E-state index is 0.0524. The Morgan fingerprint density at radius 3 is 2.69 bits per heavy atom. The van der Waals surface area contributed by atoms with Crippen molar-refractivity contribution < 1.29 is 4.79 Å². The Kier molecular flexibility index (Phi) is 5.82. The highest BCUT2D eigenvalue weighted by Crippen LogP contribution is 2.30. The third kappa shape index (κ3) is 4.59. The van der Waals surface area contributed by atoms with Gasteiger partial charge in [-0.1, -0.05) is 42.5 Å². The SMILES string of the molecule is Cc1cc(NC(=O)Cn2nnc(-c3ccc(Cl)c(Cl)c3)n2)n(C2CCCCC2)n1. The number of hydrogen-bond donors (Lipinski definition) is 1. The number of nitrogens with one attached hydrogen (secondary N) is 1. The molecule has 1 aliphatic carbocycles. The second kappa shape index (κ2) is 8.51. The fourth-order valence-corrected chi connectivity index (χ4v) is 3.88. The molecule has 0 spiro atoms. The van der Waals surface area contributed by atoms with Crippen molar-refractivity contribution >= 4 is 34.9 Å². The van der Waals surface area contributed by atoms with Crippen LogP contribution >= 0.6 is 23.2 Å². The van der Waals surface area contributed by atoms with Crippen LogP contribution in [0.5, 0.6) is 0 Å². The summed E-state index contributed by atoms with van der Waals surface area (Å²) in [7, 11) is 0. The van der Waals surface area contributed by atoms with E-state index in [1.54, 1.807) is 18.2 Å². The molecule has 4 rings (SSSR count). The highest BCUT2D eigenvalue weighted by Gasteiger charge is 2.20. The van der Waals surface area contributed by atoms with Gasteiger partial charge in [0.1, 0.15) is 12.4 Å². The first-order valence-electron chi connectivity index (χ1n) is 9.59. The lowest BCUT2D eigenvalue weighted by atomic mass is 9.96. The van der Waals surface area contributed by atoms with Crippen LogP contribution in [0.3, 0.4) is 0 Å². The van der Waals surface area contributed by atoms with Crippen molar-refractivity contribution in [2.24, 2.45) is 0 Å². The molecular weight excluding hydrogens is 413 g/mol. The number of halogens is 2. The molecule has 1 saturated carbocycles. The van der Waals surface area contributed by atoms with Crippen LogP contribution in [0.1, 0.15) is 43.8 Å². The van der Waals surface area contributed by atoms with E-state index in [0.717, 1.165) is 18.5 Å². The second-order valence-corrected chi connectivity index (χ2v) is 8.04. The molecule has 0 aliphatic heterocycles. The Labute approximate surface area is 178 Å². The lowest BCUT2D eigenvalue weighted by molar-refractivity contribution is -0.117. The summed E-state index contributed by atoms with van der Waals surface area (Å²) in [5, 5.41) is 20.6. The Morgan fingerprint density at radius 2 is 1.93 bits per heavy atom. The van der Waals surface area contributed by atoms with Crippen molar-refractivity contribution in [2.45, 2.75) is 51.6 Å². The Hall–Kier alpha value is -2.45. The van der Waals surface area contributed by atoms with E-state index in [0.29, 0.717) is 33.3 Å². The van der Waals surface area contributed by atoms with Gasteiger partial charge in [-0.2, -0.15) is 9.90 Å². The van der Waals surface area contributed by atoms with E-state index in [-0.39, 0.29) is 12.5 Å². The largest absolute Gasteiger partial charge is 0.309 e. The average molecular weight is 434 g/mol. The predicted molar refractivity (Wildman–Crippen MR) is 111 cm³/mol. The van der Waals surface area contributed by atoms with Crippen molar-refractivity contribution in [3.8, 4) is 11.4 Å². The predicted octanol–water partition coefficient (Wildman–Crippen LogP) is 4.30. The first-order chi connectivity index (χ1) is 14.0. The second-order valence-electron chi connectivity index (χ2n) is 7.23. The third-order valence-electron chi connectivity index (χ3n) is 4.96. The number of anilines is 1. The molecule has 1 fully saturated rings. The van der Waals surface area contributed by atoms with Crippen LogP contribution in [0.2, 0.25) is 10.0 Å². The zero-order chi connectivity index (χ0) is 20.4. The summed E-state index contributed by atoms with van der Waals surface area (Å²) in [6, 6.07) is 7.31. The van der Waals surface area contributed by atoms with Gasteiger partial charge in [0.2, 0.25) is 11.7 Å². The van der Waals surface area contributed by atoms with Gasteiger partial charge in [-0.25, -0.2) is 4.68 Å². The van der Waals surface area contributed by atoms with Gasteiger partial charge in [0.05, 0.1) is 21.8 Å². The van der Waals surface area contributed by atoms with Gasteiger partial charge in [0, 0.05) is 11.6 Å². The van der Waals surface area contributed by atoms with E-state index in [9.17, 15) is 4.79 Å². The van der Waals surface area contributed by atoms with Crippen molar-refractivity contribution in [2.75, 3.05) is 5.32 Å². The molecule has 3 aromatic rings. The number of nitrogens with zero attached hydrogens (tertiary/aromatic N) is 6. The summed E-state index contributed by atoms with van der Waals surface area (Å²) >= 11 is 12.0. The van der Waals surface area contributed by atoms with Gasteiger partial charge in [-0.15, -0.1) is 10.2 Å². The molecule has 0 saturated heterocycles. The minimum Gasteiger partial charge on any atom is -0.309 e. The molecule has 0 unspecified atom stereocenters. The Bertz CT molecular complexity index is 1020. The van der Waals surface area contributed by atoms with E-state index in [4.69, 9.17) is 23.2 Å². The van der Waals surface area contributed by atoms with Gasteiger partial charge in [0.15, 0.2) is 0 Å². The van der Waals surface area contributed by atoms with Gasteiger partial charge in [0.25, 0.3) is 0 Å². The normalized spacial score (nSPS) is 14.9. The van der Waals surface area contributed by atoms with E-state index in [1.807, 2.05) is 17.7 Å². The van der Waals surface area contributed by atoms with Crippen molar-refractivity contribution in [3.63, 3.8) is 0 Å². The molecule has 8 nitrogen and oxygen atoms in total. The third-order valence-corrected chi connectivity index (χ3v) is 5.70. The lowest BCUT2D eigenvalue weighted by Gasteiger charge is -2.23. The smallest absolute Gasteiger partial charge is 0.249 e. The number of carbonyl (C=O) groups is 1. The molecular formula is C19H21Cl2N7O. The quantitative estimate of drug-likeness (QED) is 0.647. The first kappa shape index (κ1) is 19.8. The number of aryl methyl sites for hydroxylation is 1. The molecule has 0 atom stereocenters. The summed E-state index contributed by atoms with van der Waals surface area (Å²) in [6.07, 6.45) is 5.81. The lowest BCUT2D eigenvalue weighted by Crippen LogP contribution is -2.24. The summed E-state index contributed by atoms with van der Waals surface area (Å²) in [4.78, 5) is 13.8. The summed E-state index contributed by atoms with van der Waals surface area (Å²) in [5.41, 5.74) is 1.56. The number of hydrogen-bond acceptors (Lipinski definition) is 5. The van der Waals surface area contributed by atoms with Gasteiger partial charge in [-0.3, -0.25) is 4.79 Å². The maximum absolute atomic E-state index is 12.6. The van der Waals surface area contributed by atoms with Crippen LogP contribution in [0.4, 0.5) is 5.82 Å². The molecule has 1 aliphatic rings. The van der Waals surface area contributed by atoms with E-state index in [1.165, 1.54) is 24.1 Å². The summed E-state index contributed by atoms with van der Waals surface area (Å²) in [6.45, 7) is 1.88. The highest BCUT2D eigenvalue weighted by molar-refractivity contribution is 6.42. The van der Waals surface area contributed by atoms with Crippen LogP contribution in [0.15, 0.2) is 24.3 Å². The number of tetrazole rings is 1. The molecule has 152 valence electrons. The number of aromatic nitrogens is 6. The molecule has 1 N–H and O–H groups in total. The summed E-state index contributed by atoms with van der Waals surface area (Å²) < 4.78 is 1.95. The Morgan fingerprint density at radius 1 is 1.14 bits per heavy atom. The number of amides is 1. The maximum atomic E-state index is 12.6. The average Bonchev–Trinajstić information content (AvgIpc) is 3.31. The number of carbonyl (C=O) groups excluding carboxylic acids is 1. The van der Waals surface area contributed by atoms with Crippen LogP contribution in [-0.2, 0) is 11.3 Å². The minimum atomic E-state index is -0.236. The molecule has 2 heterocycles. The highest BCUT2D eigenvalue weighted by atomic mass is 35.5. The van der Waals surface area contributed by atoms with E-state index >= 15 is 0 Å². The maximum Gasteiger partial charge on any atom is 0.249 e. The monoisotopic (exact) mass is 433 g/mol. The van der Waals surface area contributed by atoms with E-state index < -0.39 is 0 Å². The fraction of sp³-hybridized carbons (Fsp3) is 0.421. The van der Waals surface area contributed by atoms with Crippen LogP contribution in [-0.4, -0.2) is 35.9 Å². The standard InChI is InChI=1S/C19H21Cl2N7O/c1-12-9-17(28(24-12)14-5-3-2-4-6-14)22-18(29)11-27-25-19(23-26-27)13-7-8-15(20)16(21)10-13/h7-10,14H,2-6,11H2,1H3,(H,22,29). The molecule has 1 aromatic carbocycles. The van der Waals surface area contributed by atoms with Crippen LogP contribution in [0, 0.1) is 6.92 Å². The number of rotatable bonds is 5. The molecule has 10 heteroatoms. The zero-order valence-electron chi connectivity index (χ0n) is 16.0. The fourth-order valence-electron chi connectivity index (χ4n) is 3.59. The number of benzene rings is 1. The van der Waals surface area contributed by atoms with Crippen molar-refractivity contribution in [3.05, 3.63) is 40.0 Å².